The highest BCUT2D eigenvalue weighted by Crippen LogP contribution is 2.04. The highest BCUT2D eigenvalue weighted by atomic mass is 19.1. The standard InChI is InChI=1S/C15H21FN2O2/c1-3-4-8-18(2)15(20)11-17-14(19)10-12-6-5-7-13(16)9-12/h5-7,9H,3-4,8,10-11H2,1-2H3,(H,17,19). The molecule has 5 heteroatoms. The van der Waals surface area contributed by atoms with Crippen molar-refractivity contribution in [2.75, 3.05) is 20.1 Å². The van der Waals surface area contributed by atoms with E-state index < -0.39 is 0 Å². The number of likely N-dealkylation sites (N-methyl/N-ethyl adjacent to an activating group) is 1. The monoisotopic (exact) mass is 280 g/mol. The van der Waals surface area contributed by atoms with E-state index in [-0.39, 0.29) is 30.6 Å². The number of rotatable bonds is 7. The Morgan fingerprint density at radius 1 is 1.35 bits per heavy atom. The summed E-state index contributed by atoms with van der Waals surface area (Å²) in [7, 11) is 1.72. The van der Waals surface area contributed by atoms with Gasteiger partial charge in [-0.3, -0.25) is 9.59 Å². The zero-order chi connectivity index (χ0) is 15.0. The molecule has 0 aromatic heterocycles. The van der Waals surface area contributed by atoms with E-state index in [0.29, 0.717) is 12.1 Å². The van der Waals surface area contributed by atoms with Crippen LogP contribution in [0.15, 0.2) is 24.3 Å². The molecule has 0 saturated carbocycles. The minimum atomic E-state index is -0.370. The van der Waals surface area contributed by atoms with Gasteiger partial charge in [0.2, 0.25) is 11.8 Å². The minimum Gasteiger partial charge on any atom is -0.347 e. The van der Waals surface area contributed by atoms with E-state index in [1.54, 1.807) is 24.1 Å². The third-order valence-corrected chi connectivity index (χ3v) is 2.96. The first-order chi connectivity index (χ1) is 9.52. The summed E-state index contributed by atoms with van der Waals surface area (Å²) >= 11 is 0. The summed E-state index contributed by atoms with van der Waals surface area (Å²) in [6, 6.07) is 5.88. The molecule has 2 amide bonds. The van der Waals surface area contributed by atoms with Crippen LogP contribution in [-0.2, 0) is 16.0 Å². The largest absolute Gasteiger partial charge is 0.347 e. The van der Waals surface area contributed by atoms with Gasteiger partial charge in [-0.25, -0.2) is 4.39 Å². The van der Waals surface area contributed by atoms with Gasteiger partial charge >= 0.3 is 0 Å². The summed E-state index contributed by atoms with van der Waals surface area (Å²) < 4.78 is 13.0. The number of hydrogen-bond donors (Lipinski definition) is 1. The van der Waals surface area contributed by atoms with Crippen LogP contribution in [0, 0.1) is 5.82 Å². The third kappa shape index (κ3) is 5.82. The van der Waals surface area contributed by atoms with E-state index in [1.165, 1.54) is 12.1 Å². The Hall–Kier alpha value is -1.91. The number of hydrogen-bond acceptors (Lipinski definition) is 2. The Morgan fingerprint density at radius 3 is 2.75 bits per heavy atom. The molecular weight excluding hydrogens is 259 g/mol. The van der Waals surface area contributed by atoms with Gasteiger partial charge in [0, 0.05) is 13.6 Å². The first kappa shape index (κ1) is 16.1. The van der Waals surface area contributed by atoms with Gasteiger partial charge in [-0.1, -0.05) is 25.5 Å². The van der Waals surface area contributed by atoms with Crippen molar-refractivity contribution in [1.29, 1.82) is 0 Å². The highest BCUT2D eigenvalue weighted by molar-refractivity contribution is 5.85. The first-order valence-corrected chi connectivity index (χ1v) is 6.78. The van der Waals surface area contributed by atoms with Gasteiger partial charge in [0.25, 0.3) is 0 Å². The molecule has 0 unspecified atom stereocenters. The Morgan fingerprint density at radius 2 is 2.10 bits per heavy atom. The second-order valence-corrected chi connectivity index (χ2v) is 4.75. The molecule has 1 aromatic rings. The number of unbranched alkanes of at least 4 members (excludes halogenated alkanes) is 1. The second-order valence-electron chi connectivity index (χ2n) is 4.75. The van der Waals surface area contributed by atoms with E-state index in [4.69, 9.17) is 0 Å². The maximum Gasteiger partial charge on any atom is 0.241 e. The van der Waals surface area contributed by atoms with Crippen LogP contribution in [0.3, 0.4) is 0 Å². The zero-order valence-electron chi connectivity index (χ0n) is 12.0. The third-order valence-electron chi connectivity index (χ3n) is 2.96. The quantitative estimate of drug-likeness (QED) is 0.827. The zero-order valence-corrected chi connectivity index (χ0v) is 12.0. The number of amides is 2. The second kappa shape index (κ2) is 8.30. The first-order valence-electron chi connectivity index (χ1n) is 6.78. The summed E-state index contributed by atoms with van der Waals surface area (Å²) in [5, 5.41) is 2.56. The Bertz CT molecular complexity index is 463. The van der Waals surface area contributed by atoms with Gasteiger partial charge in [-0.2, -0.15) is 0 Å². The normalized spacial score (nSPS) is 10.2. The van der Waals surface area contributed by atoms with Gasteiger partial charge in [0.15, 0.2) is 0 Å². The van der Waals surface area contributed by atoms with Crippen LogP contribution < -0.4 is 5.32 Å². The van der Waals surface area contributed by atoms with Gasteiger partial charge < -0.3 is 10.2 Å². The maximum absolute atomic E-state index is 13.0. The topological polar surface area (TPSA) is 49.4 Å². The van der Waals surface area contributed by atoms with E-state index >= 15 is 0 Å². The lowest BCUT2D eigenvalue weighted by Crippen LogP contribution is -2.39. The summed E-state index contributed by atoms with van der Waals surface area (Å²) in [5.41, 5.74) is 0.592. The predicted molar refractivity (Wildman–Crippen MR) is 75.7 cm³/mol. The molecule has 1 N–H and O–H groups in total. The number of nitrogens with zero attached hydrogens (tertiary/aromatic N) is 1. The smallest absolute Gasteiger partial charge is 0.241 e. The molecule has 0 aliphatic rings. The van der Waals surface area contributed by atoms with Crippen molar-refractivity contribution in [3.8, 4) is 0 Å². The molecular formula is C15H21FN2O2. The van der Waals surface area contributed by atoms with Crippen LogP contribution in [0.2, 0.25) is 0 Å². The molecule has 110 valence electrons. The minimum absolute atomic E-state index is 0.0195. The highest BCUT2D eigenvalue weighted by Gasteiger charge is 2.10. The molecule has 1 aromatic carbocycles. The molecule has 4 nitrogen and oxygen atoms in total. The van der Waals surface area contributed by atoms with Crippen LogP contribution in [0.4, 0.5) is 4.39 Å². The predicted octanol–water partition coefficient (Wildman–Crippen LogP) is 1.74. The van der Waals surface area contributed by atoms with Gasteiger partial charge in [-0.05, 0) is 24.1 Å². The SMILES string of the molecule is CCCCN(C)C(=O)CNC(=O)Cc1cccc(F)c1. The molecule has 0 saturated heterocycles. The van der Waals surface area contributed by atoms with Gasteiger partial charge in [0.1, 0.15) is 5.82 Å². The van der Waals surface area contributed by atoms with E-state index in [9.17, 15) is 14.0 Å². The number of halogens is 1. The lowest BCUT2D eigenvalue weighted by molar-refractivity contribution is -0.131. The van der Waals surface area contributed by atoms with Crippen molar-refractivity contribution >= 4 is 11.8 Å². The van der Waals surface area contributed by atoms with E-state index in [2.05, 4.69) is 12.2 Å². The van der Waals surface area contributed by atoms with E-state index in [0.717, 1.165) is 12.8 Å². The van der Waals surface area contributed by atoms with Crippen LogP contribution in [0.5, 0.6) is 0 Å². The van der Waals surface area contributed by atoms with Crippen molar-refractivity contribution in [2.45, 2.75) is 26.2 Å². The van der Waals surface area contributed by atoms with Gasteiger partial charge in [-0.15, -0.1) is 0 Å². The number of benzene rings is 1. The number of carbonyl (C=O) groups is 2. The Kier molecular flexibility index (Phi) is 6.70. The summed E-state index contributed by atoms with van der Waals surface area (Å²) in [5.74, 6) is -0.774. The molecule has 20 heavy (non-hydrogen) atoms. The van der Waals surface area contributed by atoms with Crippen LogP contribution >= 0.6 is 0 Å². The molecule has 0 heterocycles. The summed E-state index contributed by atoms with van der Waals surface area (Å²) in [6.07, 6.45) is 2.03. The molecule has 0 bridgehead atoms. The Balaban J connectivity index is 2.34. The van der Waals surface area contributed by atoms with Crippen molar-refractivity contribution in [1.82, 2.24) is 10.2 Å². The summed E-state index contributed by atoms with van der Waals surface area (Å²) in [4.78, 5) is 25.0. The average Bonchev–Trinajstić information content (AvgIpc) is 2.42. The molecule has 0 spiro atoms. The maximum atomic E-state index is 13.0. The Labute approximate surface area is 119 Å². The van der Waals surface area contributed by atoms with Crippen molar-refractivity contribution in [2.24, 2.45) is 0 Å². The van der Waals surface area contributed by atoms with Crippen LogP contribution in [-0.4, -0.2) is 36.9 Å². The number of carbonyl (C=O) groups excluding carboxylic acids is 2. The fraction of sp³-hybridized carbons (Fsp3) is 0.467. The van der Waals surface area contributed by atoms with E-state index in [1.807, 2.05) is 0 Å². The van der Waals surface area contributed by atoms with Crippen LogP contribution in [0.25, 0.3) is 0 Å². The lowest BCUT2D eigenvalue weighted by atomic mass is 10.1. The molecule has 0 atom stereocenters. The molecule has 0 fully saturated rings. The molecule has 0 radical (unpaired) electrons. The van der Waals surface area contributed by atoms with Crippen molar-refractivity contribution in [3.63, 3.8) is 0 Å². The fourth-order valence-electron chi connectivity index (χ4n) is 1.72. The lowest BCUT2D eigenvalue weighted by Gasteiger charge is -2.16. The average molecular weight is 280 g/mol. The molecule has 1 rings (SSSR count). The molecule has 0 aliphatic heterocycles. The molecule has 0 aliphatic carbocycles. The summed E-state index contributed by atoms with van der Waals surface area (Å²) in [6.45, 7) is 2.72. The van der Waals surface area contributed by atoms with Crippen molar-refractivity contribution in [3.05, 3.63) is 35.6 Å². The van der Waals surface area contributed by atoms with Gasteiger partial charge in [0.05, 0.1) is 13.0 Å². The number of nitrogens with one attached hydrogen (secondary N) is 1. The van der Waals surface area contributed by atoms with Crippen LogP contribution in [0.1, 0.15) is 25.3 Å². The van der Waals surface area contributed by atoms with Crippen molar-refractivity contribution < 1.29 is 14.0 Å². The fourth-order valence-corrected chi connectivity index (χ4v) is 1.72.